The number of ether oxygens (including phenoxy) is 1. The second-order valence-electron chi connectivity index (χ2n) is 5.80. The molecule has 8 heteroatoms. The molecular formula is C17H17FN2O4S. The lowest BCUT2D eigenvalue weighted by Gasteiger charge is -2.13. The molecule has 3 rings (SSSR count). The first-order chi connectivity index (χ1) is 11.8. The number of carbonyl (C=O) groups is 1. The maximum absolute atomic E-state index is 13.8. The van der Waals surface area contributed by atoms with Crippen molar-refractivity contribution < 1.29 is 22.3 Å². The van der Waals surface area contributed by atoms with E-state index in [9.17, 15) is 17.6 Å². The molecule has 132 valence electrons. The minimum absolute atomic E-state index is 0.0706. The Bertz CT molecular complexity index is 890. The number of rotatable bonds is 4. The largest absolute Gasteiger partial charge is 0.488 e. The highest BCUT2D eigenvalue weighted by atomic mass is 32.2. The van der Waals surface area contributed by atoms with Gasteiger partial charge >= 0.3 is 6.03 Å². The molecule has 0 aliphatic carbocycles. The van der Waals surface area contributed by atoms with E-state index in [1.807, 2.05) is 24.3 Å². The number of carbonyl (C=O) groups excluding carboxylic acids is 1. The van der Waals surface area contributed by atoms with Gasteiger partial charge in [-0.05, 0) is 29.8 Å². The van der Waals surface area contributed by atoms with E-state index in [0.29, 0.717) is 6.42 Å². The summed E-state index contributed by atoms with van der Waals surface area (Å²) >= 11 is 0. The standard InChI is InChI=1S/C17H17FN2O4S/c1-25(22,23)13-6-7-14(18)15(9-13)20-17(21)19-10-12-8-11-4-2-3-5-16(11)24-12/h2-7,9,12H,8,10H2,1H3,(H2,19,20,21)/t12-/m0/s1. The molecule has 1 aliphatic rings. The van der Waals surface area contributed by atoms with Crippen LogP contribution in [-0.2, 0) is 16.3 Å². The quantitative estimate of drug-likeness (QED) is 0.816. The fraction of sp³-hybridized carbons (Fsp3) is 0.235. The van der Waals surface area contributed by atoms with E-state index in [0.717, 1.165) is 35.8 Å². The third-order valence-electron chi connectivity index (χ3n) is 3.82. The smallest absolute Gasteiger partial charge is 0.319 e. The van der Waals surface area contributed by atoms with Crippen molar-refractivity contribution in [3.63, 3.8) is 0 Å². The number of para-hydroxylation sites is 1. The Labute approximate surface area is 144 Å². The molecule has 0 unspecified atom stereocenters. The summed E-state index contributed by atoms with van der Waals surface area (Å²) in [7, 11) is -3.49. The molecule has 2 N–H and O–H groups in total. The molecule has 25 heavy (non-hydrogen) atoms. The second kappa shape index (κ2) is 6.72. The average molecular weight is 364 g/mol. The van der Waals surface area contributed by atoms with Crippen molar-refractivity contribution in [2.24, 2.45) is 0 Å². The summed E-state index contributed by atoms with van der Waals surface area (Å²) in [6.45, 7) is 0.244. The van der Waals surface area contributed by atoms with Gasteiger partial charge in [0.05, 0.1) is 17.1 Å². The number of amides is 2. The first-order valence-corrected chi connectivity index (χ1v) is 9.51. The normalized spacial score (nSPS) is 16.0. The number of anilines is 1. The molecule has 6 nitrogen and oxygen atoms in total. The van der Waals surface area contributed by atoms with Crippen LogP contribution in [0.5, 0.6) is 5.75 Å². The van der Waals surface area contributed by atoms with E-state index in [4.69, 9.17) is 4.74 Å². The Morgan fingerprint density at radius 1 is 1.28 bits per heavy atom. The number of sulfone groups is 1. The van der Waals surface area contributed by atoms with E-state index < -0.39 is 21.7 Å². The van der Waals surface area contributed by atoms with E-state index in [1.165, 1.54) is 0 Å². The minimum Gasteiger partial charge on any atom is -0.488 e. The summed E-state index contributed by atoms with van der Waals surface area (Å²) < 4.78 is 42.5. The van der Waals surface area contributed by atoms with Gasteiger partial charge in [0.1, 0.15) is 17.7 Å². The Morgan fingerprint density at radius 2 is 2.04 bits per heavy atom. The molecule has 0 saturated carbocycles. The summed E-state index contributed by atoms with van der Waals surface area (Å²) in [6.07, 6.45) is 1.49. The summed E-state index contributed by atoms with van der Waals surface area (Å²) in [4.78, 5) is 11.9. The van der Waals surface area contributed by atoms with Crippen LogP contribution in [0.2, 0.25) is 0 Å². The summed E-state index contributed by atoms with van der Waals surface area (Å²) in [5.74, 6) is 0.0775. The summed E-state index contributed by atoms with van der Waals surface area (Å²) in [6, 6.07) is 10.2. The number of nitrogens with one attached hydrogen (secondary N) is 2. The van der Waals surface area contributed by atoms with Crippen LogP contribution in [0.3, 0.4) is 0 Å². The number of halogens is 1. The fourth-order valence-corrected chi connectivity index (χ4v) is 3.22. The van der Waals surface area contributed by atoms with Crippen molar-refractivity contribution in [2.75, 3.05) is 18.1 Å². The molecule has 1 atom stereocenters. The lowest BCUT2D eigenvalue weighted by molar-refractivity contribution is 0.219. The van der Waals surface area contributed by atoms with E-state index in [1.54, 1.807) is 0 Å². The van der Waals surface area contributed by atoms with Crippen molar-refractivity contribution >= 4 is 21.6 Å². The highest BCUT2D eigenvalue weighted by Crippen LogP contribution is 2.27. The lowest BCUT2D eigenvalue weighted by atomic mass is 10.1. The number of fused-ring (bicyclic) bond motifs is 1. The maximum Gasteiger partial charge on any atom is 0.319 e. The molecule has 1 aliphatic heterocycles. The highest BCUT2D eigenvalue weighted by molar-refractivity contribution is 7.90. The van der Waals surface area contributed by atoms with Gasteiger partial charge in [0.15, 0.2) is 9.84 Å². The molecule has 2 amide bonds. The van der Waals surface area contributed by atoms with Crippen LogP contribution in [0.25, 0.3) is 0 Å². The predicted molar refractivity (Wildman–Crippen MR) is 91.1 cm³/mol. The third-order valence-corrected chi connectivity index (χ3v) is 4.93. The SMILES string of the molecule is CS(=O)(=O)c1ccc(F)c(NC(=O)NC[C@@H]2Cc3ccccc3O2)c1. The molecule has 0 fully saturated rings. The van der Waals surface area contributed by atoms with Crippen molar-refractivity contribution in [1.29, 1.82) is 0 Å². The first kappa shape index (κ1) is 17.2. The van der Waals surface area contributed by atoms with Crippen LogP contribution in [0, 0.1) is 5.82 Å². The van der Waals surface area contributed by atoms with Gasteiger partial charge in [-0.25, -0.2) is 17.6 Å². The van der Waals surface area contributed by atoms with Gasteiger partial charge in [-0.15, -0.1) is 0 Å². The number of hydrogen-bond donors (Lipinski definition) is 2. The Kier molecular flexibility index (Phi) is 4.63. The van der Waals surface area contributed by atoms with E-state index in [-0.39, 0.29) is 23.2 Å². The zero-order valence-electron chi connectivity index (χ0n) is 13.5. The molecule has 0 bridgehead atoms. The van der Waals surface area contributed by atoms with Crippen molar-refractivity contribution in [2.45, 2.75) is 17.4 Å². The van der Waals surface area contributed by atoms with E-state index >= 15 is 0 Å². The zero-order valence-corrected chi connectivity index (χ0v) is 14.3. The molecule has 1 heterocycles. The van der Waals surface area contributed by atoms with E-state index in [2.05, 4.69) is 10.6 Å². The van der Waals surface area contributed by atoms with Crippen LogP contribution >= 0.6 is 0 Å². The second-order valence-corrected chi connectivity index (χ2v) is 7.82. The predicted octanol–water partition coefficient (Wildman–Crippen LogP) is 2.35. The Morgan fingerprint density at radius 3 is 2.76 bits per heavy atom. The van der Waals surface area contributed by atoms with Gasteiger partial charge in [-0.1, -0.05) is 18.2 Å². The Balaban J connectivity index is 1.59. The first-order valence-electron chi connectivity index (χ1n) is 7.62. The van der Waals surface area contributed by atoms with Crippen LogP contribution in [0.4, 0.5) is 14.9 Å². The lowest BCUT2D eigenvalue weighted by Crippen LogP contribution is -2.37. The van der Waals surface area contributed by atoms with Crippen molar-refractivity contribution in [1.82, 2.24) is 5.32 Å². The monoisotopic (exact) mass is 364 g/mol. The fourth-order valence-electron chi connectivity index (χ4n) is 2.57. The van der Waals surface area contributed by atoms with Gasteiger partial charge < -0.3 is 15.4 Å². The van der Waals surface area contributed by atoms with Gasteiger partial charge in [0.25, 0.3) is 0 Å². The molecule has 2 aromatic carbocycles. The molecule has 0 radical (unpaired) electrons. The summed E-state index contributed by atoms with van der Waals surface area (Å²) in [5.41, 5.74) is 0.873. The van der Waals surface area contributed by atoms with Gasteiger partial charge in [0, 0.05) is 12.7 Å². The summed E-state index contributed by atoms with van der Waals surface area (Å²) in [5, 5.41) is 4.92. The van der Waals surface area contributed by atoms with Gasteiger partial charge in [0.2, 0.25) is 0 Å². The topological polar surface area (TPSA) is 84.5 Å². The van der Waals surface area contributed by atoms with Crippen LogP contribution in [0.15, 0.2) is 47.4 Å². The number of urea groups is 1. The zero-order chi connectivity index (χ0) is 18.0. The molecule has 2 aromatic rings. The molecule has 0 aromatic heterocycles. The van der Waals surface area contributed by atoms with Crippen LogP contribution < -0.4 is 15.4 Å². The van der Waals surface area contributed by atoms with Gasteiger partial charge in [-0.2, -0.15) is 0 Å². The Hall–Kier alpha value is -2.61. The molecular weight excluding hydrogens is 347 g/mol. The van der Waals surface area contributed by atoms with Crippen LogP contribution in [-0.4, -0.2) is 33.4 Å². The van der Waals surface area contributed by atoms with Gasteiger partial charge in [-0.3, -0.25) is 0 Å². The third kappa shape index (κ3) is 4.08. The highest BCUT2D eigenvalue weighted by Gasteiger charge is 2.22. The van der Waals surface area contributed by atoms with Crippen molar-refractivity contribution in [3.05, 3.63) is 53.8 Å². The van der Waals surface area contributed by atoms with Crippen LogP contribution in [0.1, 0.15) is 5.56 Å². The number of benzene rings is 2. The maximum atomic E-state index is 13.8. The molecule has 0 spiro atoms. The molecule has 0 saturated heterocycles. The average Bonchev–Trinajstić information content (AvgIpc) is 2.97. The van der Waals surface area contributed by atoms with Crippen molar-refractivity contribution in [3.8, 4) is 5.75 Å². The number of hydrogen-bond acceptors (Lipinski definition) is 4. The minimum atomic E-state index is -3.49.